The third kappa shape index (κ3) is 8.82. The smallest absolute Gasteiger partial charge is 0.491 e. The molecule has 0 fully saturated rings. The molecule has 51 heavy (non-hydrogen) atoms. The fraction of sp³-hybridized carbons (Fsp3) is 0.263. The van der Waals surface area contributed by atoms with Crippen molar-refractivity contribution < 1.29 is 62.9 Å². The highest BCUT2D eigenvalue weighted by atomic mass is 16.7. The van der Waals surface area contributed by atoms with E-state index >= 15 is 0 Å². The predicted octanol–water partition coefficient (Wildman–Crippen LogP) is 5.00. The highest BCUT2D eigenvalue weighted by Crippen LogP contribution is 2.56. The highest BCUT2D eigenvalue weighted by Gasteiger charge is 2.45. The molecule has 1 aliphatic rings. The Morgan fingerprint density at radius 2 is 0.980 bits per heavy atom. The van der Waals surface area contributed by atoms with Gasteiger partial charge in [0.05, 0.1) is 5.41 Å². The van der Waals surface area contributed by atoms with Gasteiger partial charge in [-0.25, -0.2) is 14.4 Å². The largest absolute Gasteiger partial charge is 0.505 e. The van der Waals surface area contributed by atoms with Crippen LogP contribution in [-0.2, 0) is 38.7 Å². The maximum atomic E-state index is 11.3. The second-order valence-corrected chi connectivity index (χ2v) is 11.5. The lowest BCUT2D eigenvalue weighted by molar-refractivity contribution is -0.151. The van der Waals surface area contributed by atoms with Crippen LogP contribution in [0.3, 0.4) is 0 Å². The number of carbonyl (C=O) groups is 4. The van der Waals surface area contributed by atoms with Crippen LogP contribution in [0.25, 0.3) is 11.1 Å². The summed E-state index contributed by atoms with van der Waals surface area (Å²) >= 11 is 0. The van der Waals surface area contributed by atoms with Crippen LogP contribution in [0.2, 0.25) is 0 Å². The van der Waals surface area contributed by atoms with Crippen LogP contribution in [0.4, 0.5) is 4.79 Å². The van der Waals surface area contributed by atoms with Gasteiger partial charge in [0, 0.05) is 6.92 Å². The van der Waals surface area contributed by atoms with Crippen molar-refractivity contribution in [3.63, 3.8) is 0 Å². The second-order valence-electron chi connectivity index (χ2n) is 11.5. The van der Waals surface area contributed by atoms with Crippen molar-refractivity contribution in [2.24, 2.45) is 0 Å². The second kappa shape index (κ2) is 16.7. The first-order chi connectivity index (χ1) is 24.6. The van der Waals surface area contributed by atoms with Gasteiger partial charge in [-0.15, -0.1) is 0 Å². The summed E-state index contributed by atoms with van der Waals surface area (Å²) in [7, 11) is 0. The number of benzene rings is 4. The molecule has 0 radical (unpaired) electrons. The molecule has 1 aliphatic carbocycles. The first-order valence-corrected chi connectivity index (χ1v) is 15.9. The maximum absolute atomic E-state index is 11.3. The number of ether oxygens (including phenoxy) is 6. The topological polar surface area (TPSA) is 184 Å². The SMILES string of the molecule is CC(=O)OCC(COc1ccc(C2(c3ccc(OCC(COC(=O)O)OCC(=O)O)cc3)c3ccccc3-c3ccccc32)cc1)OCC(=O)O. The van der Waals surface area contributed by atoms with Gasteiger partial charge in [0.15, 0.2) is 0 Å². The Labute approximate surface area is 292 Å². The molecule has 4 aromatic rings. The lowest BCUT2D eigenvalue weighted by atomic mass is 9.68. The number of carboxylic acid groups (broad SMARTS) is 3. The molecule has 5 rings (SSSR count). The summed E-state index contributed by atoms with van der Waals surface area (Å²) < 4.78 is 32.0. The molecule has 0 spiro atoms. The number of hydrogen-bond donors (Lipinski definition) is 3. The minimum Gasteiger partial charge on any atom is -0.491 e. The van der Waals surface area contributed by atoms with Crippen LogP contribution in [0, 0.1) is 0 Å². The Kier molecular flexibility index (Phi) is 11.9. The number of aliphatic carboxylic acids is 2. The predicted molar refractivity (Wildman–Crippen MR) is 180 cm³/mol. The molecule has 13 nitrogen and oxygen atoms in total. The molecule has 0 heterocycles. The fourth-order valence-corrected chi connectivity index (χ4v) is 6.05. The zero-order valence-corrected chi connectivity index (χ0v) is 27.6. The minimum atomic E-state index is -1.52. The molecule has 3 N–H and O–H groups in total. The van der Waals surface area contributed by atoms with Crippen LogP contribution in [0.5, 0.6) is 11.5 Å². The molecular weight excluding hydrogens is 664 g/mol. The minimum absolute atomic E-state index is 0.0528. The molecule has 0 saturated carbocycles. The van der Waals surface area contributed by atoms with Gasteiger partial charge in [0.25, 0.3) is 0 Å². The zero-order valence-electron chi connectivity index (χ0n) is 27.6. The summed E-state index contributed by atoms with van der Waals surface area (Å²) in [5.74, 6) is -1.95. The highest BCUT2D eigenvalue weighted by molar-refractivity contribution is 5.86. The van der Waals surface area contributed by atoms with Gasteiger partial charge in [-0.05, 0) is 57.6 Å². The summed E-state index contributed by atoms with van der Waals surface area (Å²) in [6.07, 6.45) is -3.26. The maximum Gasteiger partial charge on any atom is 0.505 e. The Balaban J connectivity index is 1.44. The van der Waals surface area contributed by atoms with E-state index in [-0.39, 0.29) is 19.8 Å². The molecule has 2 atom stereocenters. The van der Waals surface area contributed by atoms with Crippen LogP contribution in [-0.4, -0.2) is 91.2 Å². The van der Waals surface area contributed by atoms with Crippen LogP contribution in [0.15, 0.2) is 97.1 Å². The average Bonchev–Trinajstić information content (AvgIpc) is 3.42. The van der Waals surface area contributed by atoms with Gasteiger partial charge in [0.2, 0.25) is 0 Å². The molecule has 2 unspecified atom stereocenters. The van der Waals surface area contributed by atoms with Gasteiger partial charge in [0.1, 0.15) is 63.3 Å². The van der Waals surface area contributed by atoms with Crippen LogP contribution >= 0.6 is 0 Å². The first-order valence-electron chi connectivity index (χ1n) is 15.9. The Bertz CT molecular complexity index is 1660. The van der Waals surface area contributed by atoms with Gasteiger partial charge in [-0.3, -0.25) is 4.79 Å². The van der Waals surface area contributed by atoms with Gasteiger partial charge in [-0.1, -0.05) is 72.8 Å². The molecule has 4 aromatic carbocycles. The number of fused-ring (bicyclic) bond motifs is 3. The quantitative estimate of drug-likeness (QED) is 0.104. The Morgan fingerprint density at radius 3 is 1.37 bits per heavy atom. The van der Waals surface area contributed by atoms with E-state index in [1.807, 2.05) is 60.7 Å². The Morgan fingerprint density at radius 1 is 0.569 bits per heavy atom. The van der Waals surface area contributed by atoms with Crippen molar-refractivity contribution in [3.05, 3.63) is 119 Å². The molecule has 0 aromatic heterocycles. The number of esters is 1. The standard InChI is InChI=1S/C38H36O13/c1-24(39)46-18-29(49-22-35(40)41)19-47-27-14-10-25(11-15-27)38(33-8-4-2-6-31(33)32-7-3-5-9-34(32)38)26-12-16-28(17-13-26)48-20-30(21-51-37(44)45)50-23-36(42)43/h2-17,29-30H,18-23H2,1H3,(H,40,41)(H,42,43)(H,44,45). The van der Waals surface area contributed by atoms with E-state index in [9.17, 15) is 19.2 Å². The van der Waals surface area contributed by atoms with E-state index in [0.717, 1.165) is 33.4 Å². The number of carboxylic acids is 2. The molecule has 13 heteroatoms. The normalized spacial score (nSPS) is 13.6. The van der Waals surface area contributed by atoms with Gasteiger partial charge < -0.3 is 43.7 Å². The van der Waals surface area contributed by atoms with E-state index in [1.54, 1.807) is 12.1 Å². The molecule has 0 amide bonds. The summed E-state index contributed by atoms with van der Waals surface area (Å²) in [5, 5.41) is 26.9. The zero-order chi connectivity index (χ0) is 36.4. The third-order valence-corrected chi connectivity index (χ3v) is 8.15. The van der Waals surface area contributed by atoms with Crippen molar-refractivity contribution >= 4 is 24.1 Å². The monoisotopic (exact) mass is 700 g/mol. The van der Waals surface area contributed by atoms with Gasteiger partial charge in [-0.2, -0.15) is 0 Å². The molecular formula is C38H36O13. The van der Waals surface area contributed by atoms with Crippen LogP contribution in [0.1, 0.15) is 29.2 Å². The van der Waals surface area contributed by atoms with E-state index in [2.05, 4.69) is 29.0 Å². The van der Waals surface area contributed by atoms with Crippen molar-refractivity contribution in [1.29, 1.82) is 0 Å². The van der Waals surface area contributed by atoms with E-state index < -0.39 is 61.5 Å². The van der Waals surface area contributed by atoms with Crippen molar-refractivity contribution in [1.82, 2.24) is 0 Å². The number of hydrogen-bond acceptors (Lipinski definition) is 10. The summed E-state index contributed by atoms with van der Waals surface area (Å²) in [6.45, 7) is -0.738. The fourth-order valence-electron chi connectivity index (χ4n) is 6.05. The molecule has 0 saturated heterocycles. The van der Waals surface area contributed by atoms with E-state index in [0.29, 0.717) is 11.5 Å². The van der Waals surface area contributed by atoms with Crippen LogP contribution < -0.4 is 9.47 Å². The van der Waals surface area contributed by atoms with E-state index in [1.165, 1.54) is 6.92 Å². The molecule has 266 valence electrons. The lowest BCUT2D eigenvalue weighted by Gasteiger charge is -2.34. The Hall–Kier alpha value is -5.92. The summed E-state index contributed by atoms with van der Waals surface area (Å²) in [6, 6.07) is 31.3. The van der Waals surface area contributed by atoms with Gasteiger partial charge >= 0.3 is 24.1 Å². The van der Waals surface area contributed by atoms with Crippen molar-refractivity contribution in [3.8, 4) is 22.6 Å². The number of carbonyl (C=O) groups excluding carboxylic acids is 1. The summed E-state index contributed by atoms with van der Waals surface area (Å²) in [5.41, 5.74) is 5.39. The number of rotatable bonds is 18. The lowest BCUT2D eigenvalue weighted by Crippen LogP contribution is -2.30. The third-order valence-electron chi connectivity index (χ3n) is 8.15. The summed E-state index contributed by atoms with van der Waals surface area (Å²) in [4.78, 5) is 44.3. The van der Waals surface area contributed by atoms with Crippen molar-refractivity contribution in [2.45, 2.75) is 24.5 Å². The first kappa shape index (κ1) is 36.4. The molecule has 0 aliphatic heterocycles. The average molecular weight is 701 g/mol. The molecule has 0 bridgehead atoms. The van der Waals surface area contributed by atoms with Crippen molar-refractivity contribution in [2.75, 3.05) is 39.6 Å². The van der Waals surface area contributed by atoms with E-state index in [4.69, 9.17) is 39.0 Å².